The second-order valence-electron chi connectivity index (χ2n) is 3.86. The van der Waals surface area contributed by atoms with Crippen LogP contribution in [0.3, 0.4) is 0 Å². The zero-order chi connectivity index (χ0) is 11.4. The van der Waals surface area contributed by atoms with Crippen molar-refractivity contribution in [1.82, 2.24) is 9.97 Å². The Bertz CT molecular complexity index is 345. The molecule has 1 aromatic heterocycles. The summed E-state index contributed by atoms with van der Waals surface area (Å²) in [5, 5.41) is 3.12. The molecule has 1 saturated heterocycles. The summed E-state index contributed by atoms with van der Waals surface area (Å²) in [7, 11) is 1.76. The van der Waals surface area contributed by atoms with Crippen molar-refractivity contribution >= 4 is 11.8 Å². The van der Waals surface area contributed by atoms with E-state index in [0.717, 1.165) is 31.9 Å². The van der Waals surface area contributed by atoms with Crippen molar-refractivity contribution < 1.29 is 4.74 Å². The van der Waals surface area contributed by atoms with Crippen LogP contribution < -0.4 is 10.2 Å². The number of hydrogen-bond acceptors (Lipinski definition) is 5. The van der Waals surface area contributed by atoms with Gasteiger partial charge in [-0.3, -0.25) is 0 Å². The van der Waals surface area contributed by atoms with Crippen molar-refractivity contribution in [3.05, 3.63) is 12.3 Å². The lowest BCUT2D eigenvalue weighted by molar-refractivity contribution is 0.121. The Labute approximate surface area is 95.8 Å². The molecule has 5 nitrogen and oxygen atoms in total. The van der Waals surface area contributed by atoms with E-state index < -0.39 is 0 Å². The molecule has 0 aromatic carbocycles. The highest BCUT2D eigenvalue weighted by Gasteiger charge is 2.23. The number of nitrogens with zero attached hydrogens (tertiary/aromatic N) is 3. The third-order valence-electron chi connectivity index (χ3n) is 2.78. The molecule has 1 aliphatic heterocycles. The van der Waals surface area contributed by atoms with Gasteiger partial charge in [0.25, 0.3) is 0 Å². The largest absolute Gasteiger partial charge is 0.380 e. The second-order valence-corrected chi connectivity index (χ2v) is 3.86. The van der Waals surface area contributed by atoms with E-state index in [4.69, 9.17) is 4.74 Å². The molecule has 0 amide bonds. The molecule has 1 fully saturated rings. The van der Waals surface area contributed by atoms with E-state index in [1.54, 1.807) is 13.3 Å². The number of rotatable bonds is 4. The molecule has 0 spiro atoms. The summed E-state index contributed by atoms with van der Waals surface area (Å²) in [5.74, 6) is 1.67. The summed E-state index contributed by atoms with van der Waals surface area (Å²) >= 11 is 0. The summed E-state index contributed by atoms with van der Waals surface area (Å²) < 4.78 is 5.34. The molecule has 5 heteroatoms. The van der Waals surface area contributed by atoms with Crippen LogP contribution in [0.2, 0.25) is 0 Å². The monoisotopic (exact) mass is 222 g/mol. The van der Waals surface area contributed by atoms with Crippen LogP contribution in [0.25, 0.3) is 0 Å². The van der Waals surface area contributed by atoms with Gasteiger partial charge in [-0.15, -0.1) is 0 Å². The average Bonchev–Trinajstić information content (AvgIpc) is 2.78. The van der Waals surface area contributed by atoms with Crippen molar-refractivity contribution in [2.75, 3.05) is 37.0 Å². The first-order chi connectivity index (χ1) is 7.83. The van der Waals surface area contributed by atoms with E-state index >= 15 is 0 Å². The molecule has 1 N–H and O–H groups in total. The van der Waals surface area contributed by atoms with Gasteiger partial charge in [0.05, 0.1) is 6.10 Å². The van der Waals surface area contributed by atoms with Crippen LogP contribution in [-0.2, 0) is 4.74 Å². The van der Waals surface area contributed by atoms with Crippen LogP contribution in [0.15, 0.2) is 12.3 Å². The maximum atomic E-state index is 5.34. The Kier molecular flexibility index (Phi) is 3.56. The fraction of sp³-hybridized carbons (Fsp3) is 0.636. The summed E-state index contributed by atoms with van der Waals surface area (Å²) in [4.78, 5) is 10.9. The highest BCUT2D eigenvalue weighted by molar-refractivity contribution is 5.43. The lowest BCUT2D eigenvalue weighted by Gasteiger charge is -2.17. The zero-order valence-electron chi connectivity index (χ0n) is 9.81. The fourth-order valence-corrected chi connectivity index (χ4v) is 1.90. The van der Waals surface area contributed by atoms with E-state index in [0.29, 0.717) is 12.1 Å². The van der Waals surface area contributed by atoms with Gasteiger partial charge >= 0.3 is 0 Å². The van der Waals surface area contributed by atoms with E-state index in [1.807, 2.05) is 13.0 Å². The van der Waals surface area contributed by atoms with E-state index in [9.17, 15) is 0 Å². The van der Waals surface area contributed by atoms with Gasteiger partial charge < -0.3 is 15.0 Å². The maximum absolute atomic E-state index is 5.34. The summed E-state index contributed by atoms with van der Waals surface area (Å²) in [5.41, 5.74) is 0. The van der Waals surface area contributed by atoms with Crippen LogP contribution in [0.5, 0.6) is 0 Å². The Morgan fingerprint density at radius 1 is 1.62 bits per heavy atom. The van der Waals surface area contributed by atoms with Crippen LogP contribution in [0, 0.1) is 0 Å². The van der Waals surface area contributed by atoms with Crippen molar-refractivity contribution in [1.29, 1.82) is 0 Å². The molecular formula is C11H18N4O. The number of hydrogen-bond donors (Lipinski definition) is 1. The molecule has 0 bridgehead atoms. The predicted octanol–water partition coefficient (Wildman–Crippen LogP) is 1.13. The normalized spacial score (nSPS) is 20.1. The highest BCUT2D eigenvalue weighted by atomic mass is 16.5. The van der Waals surface area contributed by atoms with Gasteiger partial charge in [-0.1, -0.05) is 0 Å². The maximum Gasteiger partial charge on any atom is 0.224 e. The first-order valence-corrected chi connectivity index (χ1v) is 5.68. The fourth-order valence-electron chi connectivity index (χ4n) is 1.90. The number of aromatic nitrogens is 2. The minimum absolute atomic E-state index is 0.331. The lowest BCUT2D eigenvalue weighted by Crippen LogP contribution is -2.23. The molecule has 1 aliphatic rings. The van der Waals surface area contributed by atoms with Crippen LogP contribution in [-0.4, -0.2) is 42.8 Å². The predicted molar refractivity (Wildman–Crippen MR) is 63.8 cm³/mol. The third kappa shape index (κ3) is 2.41. The van der Waals surface area contributed by atoms with Gasteiger partial charge in [-0.05, 0) is 19.4 Å². The van der Waals surface area contributed by atoms with Crippen LogP contribution in [0.1, 0.15) is 13.3 Å². The first-order valence-electron chi connectivity index (χ1n) is 5.68. The molecule has 2 rings (SSSR count). The molecule has 0 radical (unpaired) electrons. The lowest BCUT2D eigenvalue weighted by atomic mass is 10.3. The molecule has 1 atom stereocenters. The molecule has 0 saturated carbocycles. The van der Waals surface area contributed by atoms with Gasteiger partial charge in [0.2, 0.25) is 5.95 Å². The smallest absolute Gasteiger partial charge is 0.224 e. The number of nitrogens with one attached hydrogen (secondary N) is 1. The highest BCUT2D eigenvalue weighted by Crippen LogP contribution is 2.19. The Morgan fingerprint density at radius 3 is 3.19 bits per heavy atom. The van der Waals surface area contributed by atoms with Gasteiger partial charge in [0.15, 0.2) is 0 Å². The molecule has 16 heavy (non-hydrogen) atoms. The minimum atomic E-state index is 0.331. The van der Waals surface area contributed by atoms with Crippen LogP contribution in [0.4, 0.5) is 11.8 Å². The summed E-state index contributed by atoms with van der Waals surface area (Å²) in [6.07, 6.45) is 3.19. The molecule has 0 aliphatic carbocycles. The van der Waals surface area contributed by atoms with Gasteiger partial charge in [0.1, 0.15) is 5.82 Å². The van der Waals surface area contributed by atoms with E-state index in [2.05, 4.69) is 20.2 Å². The Morgan fingerprint density at radius 2 is 2.50 bits per heavy atom. The zero-order valence-corrected chi connectivity index (χ0v) is 9.81. The van der Waals surface area contributed by atoms with Crippen LogP contribution >= 0.6 is 0 Å². The van der Waals surface area contributed by atoms with Gasteiger partial charge in [0, 0.05) is 32.9 Å². The quantitative estimate of drug-likeness (QED) is 0.827. The average molecular weight is 222 g/mol. The number of ether oxygens (including phenoxy) is 1. The van der Waals surface area contributed by atoms with Crippen molar-refractivity contribution in [2.45, 2.75) is 19.4 Å². The minimum Gasteiger partial charge on any atom is -0.380 e. The topological polar surface area (TPSA) is 50.3 Å². The van der Waals surface area contributed by atoms with Crippen molar-refractivity contribution in [3.63, 3.8) is 0 Å². The van der Waals surface area contributed by atoms with Gasteiger partial charge in [-0.25, -0.2) is 4.98 Å². The molecule has 2 heterocycles. The number of methoxy groups -OCH3 is 1. The van der Waals surface area contributed by atoms with Crippen molar-refractivity contribution in [3.8, 4) is 0 Å². The number of anilines is 2. The second kappa shape index (κ2) is 5.12. The van der Waals surface area contributed by atoms with E-state index in [-0.39, 0.29) is 0 Å². The molecular weight excluding hydrogens is 204 g/mol. The molecule has 1 unspecified atom stereocenters. The Hall–Kier alpha value is -1.36. The molecule has 1 aromatic rings. The van der Waals surface area contributed by atoms with Crippen molar-refractivity contribution in [2.24, 2.45) is 0 Å². The third-order valence-corrected chi connectivity index (χ3v) is 2.78. The SMILES string of the molecule is CCNc1nccc(N2CCC(OC)C2)n1. The Balaban J connectivity index is 2.06. The molecule has 88 valence electrons. The summed E-state index contributed by atoms with van der Waals surface area (Å²) in [6, 6.07) is 1.94. The van der Waals surface area contributed by atoms with Gasteiger partial charge in [-0.2, -0.15) is 4.98 Å². The summed E-state index contributed by atoms with van der Waals surface area (Å²) in [6.45, 7) is 4.79. The first kappa shape index (κ1) is 11.1. The standard InChI is InChI=1S/C11H18N4O/c1-3-12-11-13-6-4-10(14-11)15-7-5-9(8-15)16-2/h4,6,9H,3,5,7-8H2,1-2H3,(H,12,13,14). The van der Waals surface area contributed by atoms with E-state index in [1.165, 1.54) is 0 Å².